The first-order valence-electron chi connectivity index (χ1n) is 3.93. The maximum Gasteiger partial charge on any atom is 0.418 e. The van der Waals surface area contributed by atoms with Crippen LogP contribution in [0.15, 0.2) is 6.07 Å². The zero-order chi connectivity index (χ0) is 13.4. The van der Waals surface area contributed by atoms with Crippen LogP contribution >= 0.6 is 11.6 Å². The van der Waals surface area contributed by atoms with Crippen LogP contribution in [-0.4, -0.2) is 16.1 Å². The van der Waals surface area contributed by atoms with E-state index in [2.05, 4.69) is 4.98 Å². The fourth-order valence-electron chi connectivity index (χ4n) is 1.04. The lowest BCUT2D eigenvalue weighted by Gasteiger charge is -2.12. The zero-order valence-corrected chi connectivity index (χ0v) is 8.48. The maximum atomic E-state index is 12.4. The summed E-state index contributed by atoms with van der Waals surface area (Å²) < 4.78 is 61.8. The average molecular weight is 276 g/mol. The van der Waals surface area contributed by atoms with E-state index in [9.17, 15) is 26.7 Å². The van der Waals surface area contributed by atoms with Crippen molar-refractivity contribution in [2.45, 2.75) is 12.6 Å². The predicted molar refractivity (Wildman–Crippen MR) is 46.2 cm³/mol. The maximum absolute atomic E-state index is 12.4. The molecule has 0 aliphatic rings. The van der Waals surface area contributed by atoms with E-state index >= 15 is 0 Å². The first-order valence-corrected chi connectivity index (χ1v) is 4.31. The topological polar surface area (TPSA) is 50.2 Å². The third-order valence-corrected chi connectivity index (χ3v) is 2.05. The van der Waals surface area contributed by atoms with Crippen molar-refractivity contribution in [3.05, 3.63) is 28.0 Å². The fourth-order valence-corrected chi connectivity index (χ4v) is 1.26. The van der Waals surface area contributed by atoms with Gasteiger partial charge in [0.05, 0.1) is 11.1 Å². The molecule has 1 heterocycles. The van der Waals surface area contributed by atoms with Crippen molar-refractivity contribution in [3.63, 3.8) is 0 Å². The quantitative estimate of drug-likeness (QED) is 0.665. The van der Waals surface area contributed by atoms with Crippen LogP contribution in [-0.2, 0) is 6.18 Å². The van der Waals surface area contributed by atoms with E-state index < -0.39 is 40.5 Å². The van der Waals surface area contributed by atoms with Crippen molar-refractivity contribution in [2.75, 3.05) is 0 Å². The molecular weight excluding hydrogens is 273 g/mol. The second kappa shape index (κ2) is 4.44. The summed E-state index contributed by atoms with van der Waals surface area (Å²) in [5, 5.41) is 7.51. The van der Waals surface area contributed by atoms with E-state index in [-0.39, 0.29) is 6.07 Å². The molecular formula is C8H3ClF5NO2. The van der Waals surface area contributed by atoms with Gasteiger partial charge in [-0.1, -0.05) is 11.6 Å². The van der Waals surface area contributed by atoms with Gasteiger partial charge < -0.3 is 5.11 Å². The summed E-state index contributed by atoms with van der Waals surface area (Å²) in [5.41, 5.74) is -4.33. The number of pyridine rings is 1. The number of carboxylic acid groups (broad SMARTS) is 1. The Hall–Kier alpha value is -1.44. The highest BCUT2D eigenvalue weighted by Crippen LogP contribution is 2.36. The highest BCUT2D eigenvalue weighted by Gasteiger charge is 2.38. The number of hydrogen-bond acceptors (Lipinski definition) is 2. The van der Waals surface area contributed by atoms with Crippen molar-refractivity contribution < 1.29 is 31.9 Å². The van der Waals surface area contributed by atoms with Crippen LogP contribution in [0.3, 0.4) is 0 Å². The molecule has 0 saturated carbocycles. The predicted octanol–water partition coefficient (Wildman–Crippen LogP) is 3.39. The van der Waals surface area contributed by atoms with Gasteiger partial charge in [0.2, 0.25) is 0 Å². The monoisotopic (exact) mass is 275 g/mol. The largest absolute Gasteiger partial charge is 0.476 e. The van der Waals surface area contributed by atoms with Crippen molar-refractivity contribution in [1.82, 2.24) is 4.98 Å². The summed E-state index contributed by atoms with van der Waals surface area (Å²) in [6.07, 6.45) is -8.38. The number of aromatic nitrogens is 1. The van der Waals surface area contributed by atoms with Crippen LogP contribution < -0.4 is 0 Å². The standard InChI is InChI=1S/C8H3ClF5NO2/c9-5-2(6(10)11)1-3(8(12,13)14)4(15-5)7(16)17/h1,6H,(H,16,17). The molecule has 0 unspecified atom stereocenters. The summed E-state index contributed by atoms with van der Waals surface area (Å²) in [5.74, 6) is -2.00. The van der Waals surface area contributed by atoms with Gasteiger partial charge >= 0.3 is 12.1 Å². The molecule has 0 saturated heterocycles. The summed E-state index contributed by atoms with van der Waals surface area (Å²) in [4.78, 5) is 13.3. The first-order chi connectivity index (χ1) is 7.64. The number of carboxylic acids is 1. The number of aromatic carboxylic acids is 1. The molecule has 3 nitrogen and oxygen atoms in total. The second-order valence-electron chi connectivity index (χ2n) is 2.87. The van der Waals surface area contributed by atoms with Gasteiger partial charge in [-0.05, 0) is 6.07 Å². The van der Waals surface area contributed by atoms with E-state index in [1.54, 1.807) is 0 Å². The van der Waals surface area contributed by atoms with E-state index in [1.165, 1.54) is 0 Å². The van der Waals surface area contributed by atoms with Crippen LogP contribution in [0.1, 0.15) is 28.0 Å². The number of hydrogen-bond donors (Lipinski definition) is 1. The molecule has 1 rings (SSSR count). The lowest BCUT2D eigenvalue weighted by molar-refractivity contribution is -0.138. The number of nitrogens with zero attached hydrogens (tertiary/aromatic N) is 1. The summed E-state index contributed by atoms with van der Waals surface area (Å²) in [6, 6.07) is -0.0105. The first kappa shape index (κ1) is 13.6. The minimum absolute atomic E-state index is 0.0105. The molecule has 1 N–H and O–H groups in total. The van der Waals surface area contributed by atoms with E-state index in [0.717, 1.165) is 0 Å². The molecule has 0 radical (unpaired) electrons. The molecule has 0 aliphatic carbocycles. The lowest BCUT2D eigenvalue weighted by Crippen LogP contribution is -2.16. The van der Waals surface area contributed by atoms with Crippen LogP contribution in [0.4, 0.5) is 22.0 Å². The molecule has 94 valence electrons. The molecule has 1 aromatic heterocycles. The summed E-state index contributed by atoms with van der Waals surface area (Å²) in [7, 11) is 0. The van der Waals surface area contributed by atoms with Crippen molar-refractivity contribution in [3.8, 4) is 0 Å². The average Bonchev–Trinajstić information content (AvgIpc) is 2.14. The molecule has 0 bridgehead atoms. The van der Waals surface area contributed by atoms with E-state index in [1.807, 2.05) is 0 Å². The van der Waals surface area contributed by atoms with Crippen molar-refractivity contribution >= 4 is 17.6 Å². The van der Waals surface area contributed by atoms with Gasteiger partial charge in [-0.25, -0.2) is 18.6 Å². The summed E-state index contributed by atoms with van der Waals surface area (Å²) >= 11 is 5.17. The van der Waals surface area contributed by atoms with Crippen molar-refractivity contribution in [1.29, 1.82) is 0 Å². The molecule has 0 aliphatic heterocycles. The highest BCUT2D eigenvalue weighted by atomic mass is 35.5. The molecule has 9 heteroatoms. The highest BCUT2D eigenvalue weighted by molar-refractivity contribution is 6.30. The summed E-state index contributed by atoms with van der Waals surface area (Å²) in [6.45, 7) is 0. The van der Waals surface area contributed by atoms with Gasteiger partial charge in [0.15, 0.2) is 5.69 Å². The van der Waals surface area contributed by atoms with Crippen LogP contribution in [0.25, 0.3) is 0 Å². The minimum Gasteiger partial charge on any atom is -0.476 e. The van der Waals surface area contributed by atoms with Gasteiger partial charge in [0.25, 0.3) is 6.43 Å². The van der Waals surface area contributed by atoms with E-state index in [0.29, 0.717) is 0 Å². The lowest BCUT2D eigenvalue weighted by atomic mass is 10.1. The Labute approximate surface area is 95.8 Å². The molecule has 0 fully saturated rings. The van der Waals surface area contributed by atoms with Gasteiger partial charge in [-0.15, -0.1) is 0 Å². The Morgan fingerprint density at radius 3 is 2.29 bits per heavy atom. The van der Waals surface area contributed by atoms with Crippen LogP contribution in [0.2, 0.25) is 5.15 Å². The minimum atomic E-state index is -5.10. The van der Waals surface area contributed by atoms with Crippen LogP contribution in [0.5, 0.6) is 0 Å². The fraction of sp³-hybridized carbons (Fsp3) is 0.250. The molecule has 0 spiro atoms. The van der Waals surface area contributed by atoms with Gasteiger partial charge in [-0.2, -0.15) is 13.2 Å². The van der Waals surface area contributed by atoms with Crippen molar-refractivity contribution in [2.24, 2.45) is 0 Å². The molecule has 0 amide bonds. The molecule has 1 aromatic rings. The Morgan fingerprint density at radius 1 is 1.41 bits per heavy atom. The third-order valence-electron chi connectivity index (χ3n) is 1.75. The molecule has 0 aromatic carbocycles. The molecule has 17 heavy (non-hydrogen) atoms. The molecule has 0 atom stereocenters. The SMILES string of the molecule is O=C(O)c1nc(Cl)c(C(F)F)cc1C(F)(F)F. The Morgan fingerprint density at radius 2 is 1.94 bits per heavy atom. The van der Waals surface area contributed by atoms with Gasteiger partial charge in [0.1, 0.15) is 5.15 Å². The number of rotatable bonds is 2. The zero-order valence-electron chi connectivity index (χ0n) is 7.73. The van der Waals surface area contributed by atoms with Gasteiger partial charge in [0, 0.05) is 0 Å². The Bertz CT molecular complexity index is 460. The Balaban J connectivity index is 3.54. The van der Waals surface area contributed by atoms with Gasteiger partial charge in [-0.3, -0.25) is 0 Å². The smallest absolute Gasteiger partial charge is 0.418 e. The van der Waals surface area contributed by atoms with E-state index in [4.69, 9.17) is 16.7 Å². The number of halogens is 6. The third kappa shape index (κ3) is 2.82. The normalized spacial score (nSPS) is 11.9. The number of alkyl halides is 5. The Kier molecular flexibility index (Phi) is 3.56. The second-order valence-corrected chi connectivity index (χ2v) is 3.23. The number of carbonyl (C=O) groups is 1. The van der Waals surface area contributed by atoms with Crippen LogP contribution in [0, 0.1) is 0 Å².